The van der Waals surface area contributed by atoms with E-state index in [0.717, 1.165) is 12.8 Å². The molecule has 2 nitrogen and oxygen atoms in total. The minimum Gasteiger partial charge on any atom is -0.303 e. The van der Waals surface area contributed by atoms with Gasteiger partial charge in [0.15, 0.2) is 0 Å². The standard InChI is InChI=1S/C22H28N2/c23-18-22(11-3-1-6-14-24-15-7-2-8-16-24)21-13-12-19-9-4-5-10-20(19)17-21/h4-5,9-10,12-13,17,22H,1-3,6-8,11,14-16H2. The van der Waals surface area contributed by atoms with Crippen LogP contribution in [0.5, 0.6) is 0 Å². The molecule has 0 spiro atoms. The van der Waals surface area contributed by atoms with Gasteiger partial charge in [-0.1, -0.05) is 55.7 Å². The van der Waals surface area contributed by atoms with Crippen LogP contribution in [-0.2, 0) is 0 Å². The maximum absolute atomic E-state index is 9.55. The van der Waals surface area contributed by atoms with Crippen molar-refractivity contribution in [1.82, 2.24) is 4.90 Å². The highest BCUT2D eigenvalue weighted by Gasteiger charge is 2.12. The topological polar surface area (TPSA) is 27.0 Å². The Balaban J connectivity index is 1.46. The number of likely N-dealkylation sites (tertiary alicyclic amines) is 1. The van der Waals surface area contributed by atoms with Crippen molar-refractivity contribution in [3.8, 4) is 6.07 Å². The minimum atomic E-state index is 0.0320. The Morgan fingerprint density at radius 3 is 2.50 bits per heavy atom. The van der Waals surface area contributed by atoms with Crippen LogP contribution in [0.15, 0.2) is 42.5 Å². The number of hydrogen-bond donors (Lipinski definition) is 0. The van der Waals surface area contributed by atoms with Gasteiger partial charge in [0.25, 0.3) is 0 Å². The third kappa shape index (κ3) is 4.58. The van der Waals surface area contributed by atoms with E-state index in [2.05, 4.69) is 53.4 Å². The number of benzene rings is 2. The lowest BCUT2D eigenvalue weighted by molar-refractivity contribution is 0.224. The van der Waals surface area contributed by atoms with Crippen molar-refractivity contribution in [2.45, 2.75) is 50.9 Å². The van der Waals surface area contributed by atoms with Gasteiger partial charge < -0.3 is 4.90 Å². The molecule has 24 heavy (non-hydrogen) atoms. The smallest absolute Gasteiger partial charge is 0.0713 e. The minimum absolute atomic E-state index is 0.0320. The molecule has 3 rings (SSSR count). The first kappa shape index (κ1) is 17.0. The van der Waals surface area contributed by atoms with Gasteiger partial charge in [0.2, 0.25) is 0 Å². The van der Waals surface area contributed by atoms with Gasteiger partial charge in [0.05, 0.1) is 12.0 Å². The molecular formula is C22H28N2. The van der Waals surface area contributed by atoms with Crippen LogP contribution in [0.25, 0.3) is 10.8 Å². The van der Waals surface area contributed by atoms with Gasteiger partial charge in [-0.2, -0.15) is 5.26 Å². The highest BCUT2D eigenvalue weighted by molar-refractivity contribution is 5.83. The summed E-state index contributed by atoms with van der Waals surface area (Å²) in [6.45, 7) is 3.82. The molecule has 1 unspecified atom stereocenters. The summed E-state index contributed by atoms with van der Waals surface area (Å²) >= 11 is 0. The Kier molecular flexibility index (Phi) is 6.26. The molecule has 0 bridgehead atoms. The second-order valence-electron chi connectivity index (χ2n) is 7.04. The van der Waals surface area contributed by atoms with E-state index in [9.17, 15) is 5.26 Å². The van der Waals surface area contributed by atoms with E-state index in [0.29, 0.717) is 0 Å². The number of nitrogens with zero attached hydrogens (tertiary/aromatic N) is 2. The molecule has 2 aromatic rings. The summed E-state index contributed by atoms with van der Waals surface area (Å²) in [4.78, 5) is 2.61. The molecule has 0 amide bonds. The third-order valence-corrected chi connectivity index (χ3v) is 5.25. The zero-order chi connectivity index (χ0) is 16.6. The zero-order valence-electron chi connectivity index (χ0n) is 14.6. The maximum atomic E-state index is 9.55. The van der Waals surface area contributed by atoms with Crippen molar-refractivity contribution < 1.29 is 0 Å². The molecule has 1 aliphatic heterocycles. The van der Waals surface area contributed by atoms with Crippen molar-refractivity contribution in [2.24, 2.45) is 0 Å². The molecule has 1 saturated heterocycles. The summed E-state index contributed by atoms with van der Waals surface area (Å²) in [5.41, 5.74) is 1.17. The summed E-state index contributed by atoms with van der Waals surface area (Å²) in [7, 11) is 0. The molecular weight excluding hydrogens is 292 g/mol. The first-order valence-corrected chi connectivity index (χ1v) is 9.47. The molecule has 0 radical (unpaired) electrons. The molecule has 2 heteroatoms. The van der Waals surface area contributed by atoms with E-state index in [1.54, 1.807) is 0 Å². The Hall–Kier alpha value is -1.85. The normalized spacial score (nSPS) is 16.8. The average Bonchev–Trinajstić information content (AvgIpc) is 2.65. The van der Waals surface area contributed by atoms with E-state index in [1.165, 1.54) is 68.1 Å². The number of nitriles is 1. The Bertz CT molecular complexity index is 680. The molecule has 0 aliphatic carbocycles. The summed E-state index contributed by atoms with van der Waals surface area (Å²) in [6.07, 6.45) is 8.80. The predicted octanol–water partition coefficient (Wildman–Crippen LogP) is 5.49. The number of piperidine rings is 1. The van der Waals surface area contributed by atoms with Gasteiger partial charge >= 0.3 is 0 Å². The van der Waals surface area contributed by atoms with Crippen molar-refractivity contribution in [1.29, 1.82) is 5.26 Å². The Labute approximate surface area is 146 Å². The van der Waals surface area contributed by atoms with Gasteiger partial charge in [0, 0.05) is 0 Å². The van der Waals surface area contributed by atoms with Crippen LogP contribution >= 0.6 is 0 Å². The molecule has 126 valence electrons. The van der Waals surface area contributed by atoms with Gasteiger partial charge in [-0.15, -0.1) is 0 Å². The molecule has 0 saturated carbocycles. The van der Waals surface area contributed by atoms with Crippen LogP contribution < -0.4 is 0 Å². The number of fused-ring (bicyclic) bond motifs is 1. The SMILES string of the molecule is N#CC(CCCCCN1CCCCC1)c1ccc2ccccc2c1. The first-order valence-electron chi connectivity index (χ1n) is 9.47. The van der Waals surface area contributed by atoms with Crippen LogP contribution in [-0.4, -0.2) is 24.5 Å². The summed E-state index contributed by atoms with van der Waals surface area (Å²) in [5.74, 6) is 0.0320. The van der Waals surface area contributed by atoms with Gasteiger partial charge in [-0.25, -0.2) is 0 Å². The summed E-state index contributed by atoms with van der Waals surface area (Å²) in [6, 6.07) is 17.4. The van der Waals surface area contributed by atoms with Crippen LogP contribution in [0.3, 0.4) is 0 Å². The lowest BCUT2D eigenvalue weighted by Gasteiger charge is -2.26. The summed E-state index contributed by atoms with van der Waals surface area (Å²) in [5, 5.41) is 12.0. The molecule has 1 aliphatic rings. The van der Waals surface area contributed by atoms with E-state index in [-0.39, 0.29) is 5.92 Å². The largest absolute Gasteiger partial charge is 0.303 e. The fourth-order valence-corrected chi connectivity index (χ4v) is 3.77. The average molecular weight is 320 g/mol. The predicted molar refractivity (Wildman–Crippen MR) is 101 cm³/mol. The number of hydrogen-bond acceptors (Lipinski definition) is 2. The van der Waals surface area contributed by atoms with E-state index in [4.69, 9.17) is 0 Å². The van der Waals surface area contributed by atoms with Gasteiger partial charge in [0.1, 0.15) is 0 Å². The first-order chi connectivity index (χ1) is 11.9. The second-order valence-corrected chi connectivity index (χ2v) is 7.04. The Morgan fingerprint density at radius 1 is 0.917 bits per heavy atom. The van der Waals surface area contributed by atoms with Crippen molar-refractivity contribution in [2.75, 3.05) is 19.6 Å². The molecule has 2 aromatic carbocycles. The third-order valence-electron chi connectivity index (χ3n) is 5.25. The Morgan fingerprint density at radius 2 is 1.71 bits per heavy atom. The van der Waals surface area contributed by atoms with Gasteiger partial charge in [-0.05, 0) is 67.7 Å². The molecule has 1 heterocycles. The van der Waals surface area contributed by atoms with Gasteiger partial charge in [-0.3, -0.25) is 0 Å². The quantitative estimate of drug-likeness (QED) is 0.630. The highest BCUT2D eigenvalue weighted by atomic mass is 15.1. The van der Waals surface area contributed by atoms with E-state index >= 15 is 0 Å². The lowest BCUT2D eigenvalue weighted by atomic mass is 9.92. The maximum Gasteiger partial charge on any atom is 0.0713 e. The van der Waals surface area contributed by atoms with Crippen LogP contribution in [0.2, 0.25) is 0 Å². The fourth-order valence-electron chi connectivity index (χ4n) is 3.77. The van der Waals surface area contributed by atoms with Crippen molar-refractivity contribution in [3.63, 3.8) is 0 Å². The van der Waals surface area contributed by atoms with Crippen molar-refractivity contribution >= 4 is 10.8 Å². The second kappa shape index (κ2) is 8.85. The fraction of sp³-hybridized carbons (Fsp3) is 0.500. The summed E-state index contributed by atoms with van der Waals surface area (Å²) < 4.78 is 0. The van der Waals surface area contributed by atoms with E-state index < -0.39 is 0 Å². The number of unbranched alkanes of at least 4 members (excludes halogenated alkanes) is 2. The zero-order valence-corrected chi connectivity index (χ0v) is 14.6. The molecule has 0 aromatic heterocycles. The molecule has 1 fully saturated rings. The van der Waals surface area contributed by atoms with Crippen LogP contribution in [0.4, 0.5) is 0 Å². The monoisotopic (exact) mass is 320 g/mol. The molecule has 1 atom stereocenters. The lowest BCUT2D eigenvalue weighted by Crippen LogP contribution is -2.30. The van der Waals surface area contributed by atoms with Crippen LogP contribution in [0.1, 0.15) is 56.4 Å². The number of rotatable bonds is 7. The van der Waals surface area contributed by atoms with Crippen molar-refractivity contribution in [3.05, 3.63) is 48.0 Å². The molecule has 0 N–H and O–H groups in total. The highest BCUT2D eigenvalue weighted by Crippen LogP contribution is 2.25. The van der Waals surface area contributed by atoms with Crippen LogP contribution in [0, 0.1) is 11.3 Å². The van der Waals surface area contributed by atoms with E-state index in [1.807, 2.05) is 0 Å².